The lowest BCUT2D eigenvalue weighted by molar-refractivity contribution is -0.117. The fraction of sp³-hybridized carbons (Fsp3) is 0.800. The van der Waals surface area contributed by atoms with E-state index in [2.05, 4.69) is 20.3 Å². The summed E-state index contributed by atoms with van der Waals surface area (Å²) in [6.45, 7) is 0. The average Bonchev–Trinajstić information content (AvgIpc) is 1.59. The molecule has 0 atom stereocenters. The fourth-order valence-corrected chi connectivity index (χ4v) is 1.29. The van der Waals surface area contributed by atoms with Gasteiger partial charge >= 0.3 is 0 Å². The van der Waals surface area contributed by atoms with Gasteiger partial charge in [0.05, 0.1) is 0 Å². The van der Waals surface area contributed by atoms with Crippen LogP contribution in [-0.2, 0) is 14.5 Å². The second-order valence-corrected chi connectivity index (χ2v) is 5.44. The minimum Gasteiger partial charge on any atom is -0.272 e. The Morgan fingerprint density at radius 1 is 1.60 bits per heavy atom. The van der Waals surface area contributed by atoms with E-state index < -0.39 is 9.73 Å². The molecule has 0 aromatic heterocycles. The summed E-state index contributed by atoms with van der Waals surface area (Å²) in [6, 6.07) is 0. The summed E-state index contributed by atoms with van der Waals surface area (Å²) >= 11 is 3.08. The third kappa shape index (κ3) is 6.22. The zero-order chi connectivity index (χ0) is 8.20. The first-order valence-electron chi connectivity index (χ1n) is 2.71. The Morgan fingerprint density at radius 2 is 2.10 bits per heavy atom. The topological polar surface area (TPSA) is 46.5 Å². The van der Waals surface area contributed by atoms with E-state index in [9.17, 15) is 9.00 Å². The van der Waals surface area contributed by atoms with Crippen molar-refractivity contribution in [3.8, 4) is 0 Å². The Balaban J connectivity index is 4.16. The minimum absolute atomic E-state index is 0.299. The predicted octanol–water partition coefficient (Wildman–Crippen LogP) is 1.03. The number of alkyl halides is 1. The molecule has 0 aromatic carbocycles. The molecule has 0 saturated carbocycles. The normalized spacial score (nSPS) is 11.1. The first kappa shape index (κ1) is 10.1. The molecule has 5 heteroatoms. The third-order valence-corrected chi connectivity index (χ3v) is 1.67. The molecule has 0 rings (SSSR count). The predicted molar refractivity (Wildman–Crippen MR) is 45.8 cm³/mol. The summed E-state index contributed by atoms with van der Waals surface area (Å²) in [6.07, 6.45) is 3.21. The molecule has 0 aromatic rings. The minimum atomic E-state index is -2.24. The molecule has 0 N–H and O–H groups in total. The third-order valence-electron chi connectivity index (χ3n) is 0.630. The van der Waals surface area contributed by atoms with Crippen LogP contribution >= 0.6 is 15.9 Å². The van der Waals surface area contributed by atoms with Crippen LogP contribution in [-0.4, -0.2) is 28.0 Å². The molecule has 0 unspecified atom stereocenters. The Kier molecular flexibility index (Phi) is 4.12. The molecule has 3 nitrogen and oxygen atoms in total. The highest BCUT2D eigenvalue weighted by Crippen LogP contribution is 1.93. The molecular weight excluding hydrogens is 218 g/mol. The molecule has 1 amide bonds. The van der Waals surface area contributed by atoms with Crippen molar-refractivity contribution < 1.29 is 9.00 Å². The molecular formula is C5H10BrNO2S. The maximum atomic E-state index is 10.9. The molecule has 0 fully saturated rings. The number of hydrogen-bond acceptors (Lipinski definition) is 2. The molecule has 0 spiro atoms. The van der Waals surface area contributed by atoms with Gasteiger partial charge in [-0.05, 0) is 0 Å². The van der Waals surface area contributed by atoms with Gasteiger partial charge in [-0.1, -0.05) is 15.9 Å². The van der Waals surface area contributed by atoms with Gasteiger partial charge in [-0.3, -0.25) is 4.79 Å². The van der Waals surface area contributed by atoms with Crippen LogP contribution in [0.4, 0.5) is 0 Å². The number of hydrogen-bond donors (Lipinski definition) is 0. The first-order valence-corrected chi connectivity index (χ1v) is 6.17. The van der Waals surface area contributed by atoms with Crippen molar-refractivity contribution in [2.45, 2.75) is 6.42 Å². The van der Waals surface area contributed by atoms with Crippen LogP contribution < -0.4 is 0 Å². The van der Waals surface area contributed by atoms with Gasteiger partial charge in [0.25, 0.3) is 5.91 Å². The lowest BCUT2D eigenvalue weighted by Gasteiger charge is -1.91. The van der Waals surface area contributed by atoms with Gasteiger partial charge in [-0.15, -0.1) is 0 Å². The van der Waals surface area contributed by atoms with Gasteiger partial charge < -0.3 is 0 Å². The van der Waals surface area contributed by atoms with E-state index in [1.165, 1.54) is 12.5 Å². The molecule has 0 aliphatic heterocycles. The van der Waals surface area contributed by atoms with Crippen LogP contribution in [0, 0.1) is 0 Å². The lowest BCUT2D eigenvalue weighted by Crippen LogP contribution is -2.00. The summed E-state index contributed by atoms with van der Waals surface area (Å²) < 4.78 is 14.3. The molecule has 10 heavy (non-hydrogen) atoms. The summed E-state index contributed by atoms with van der Waals surface area (Å²) in [5.74, 6) is -0.299. The van der Waals surface area contributed by atoms with Crippen LogP contribution in [0.15, 0.2) is 4.36 Å². The summed E-state index contributed by atoms with van der Waals surface area (Å²) in [5, 5.41) is 0.574. The number of rotatable bonds is 2. The van der Waals surface area contributed by atoms with Gasteiger partial charge in [-0.25, -0.2) is 4.21 Å². The zero-order valence-corrected chi connectivity index (χ0v) is 8.37. The molecule has 0 saturated heterocycles. The van der Waals surface area contributed by atoms with Crippen LogP contribution in [0.1, 0.15) is 6.42 Å². The van der Waals surface area contributed by atoms with E-state index in [1.807, 2.05) is 0 Å². The Morgan fingerprint density at radius 3 is 2.40 bits per heavy atom. The average molecular weight is 228 g/mol. The van der Waals surface area contributed by atoms with Gasteiger partial charge in [-0.2, -0.15) is 4.36 Å². The summed E-state index contributed by atoms with van der Waals surface area (Å²) in [7, 11) is -2.24. The van der Waals surface area contributed by atoms with Gasteiger partial charge in [0.2, 0.25) is 0 Å². The van der Waals surface area contributed by atoms with Crippen molar-refractivity contribution in [1.29, 1.82) is 0 Å². The van der Waals surface area contributed by atoms with Crippen LogP contribution in [0.25, 0.3) is 0 Å². The number of halogens is 1. The molecule has 0 heterocycles. The van der Waals surface area contributed by atoms with Crippen molar-refractivity contribution in [2.75, 3.05) is 17.8 Å². The Bertz CT molecular complexity index is 222. The van der Waals surface area contributed by atoms with Gasteiger partial charge in [0, 0.05) is 34.0 Å². The van der Waals surface area contributed by atoms with Gasteiger partial charge in [0.15, 0.2) is 0 Å². The maximum absolute atomic E-state index is 10.9. The first-order chi connectivity index (χ1) is 4.45. The SMILES string of the molecule is CS(C)(=O)=NC(=O)CCBr. The van der Waals surface area contributed by atoms with Crippen molar-refractivity contribution in [3.05, 3.63) is 0 Å². The molecule has 0 bridgehead atoms. The quantitative estimate of drug-likeness (QED) is 0.662. The Hall–Kier alpha value is 0.1000. The number of carbonyl (C=O) groups is 1. The monoisotopic (exact) mass is 227 g/mol. The van der Waals surface area contributed by atoms with E-state index in [1.54, 1.807) is 0 Å². The van der Waals surface area contributed by atoms with Crippen molar-refractivity contribution in [3.63, 3.8) is 0 Å². The second-order valence-electron chi connectivity index (χ2n) is 2.11. The number of amides is 1. The highest BCUT2D eigenvalue weighted by Gasteiger charge is 1.98. The van der Waals surface area contributed by atoms with E-state index in [4.69, 9.17) is 0 Å². The van der Waals surface area contributed by atoms with E-state index in [-0.39, 0.29) is 5.91 Å². The maximum Gasteiger partial charge on any atom is 0.254 e. The smallest absolute Gasteiger partial charge is 0.254 e. The summed E-state index contributed by atoms with van der Waals surface area (Å²) in [4.78, 5) is 10.7. The van der Waals surface area contributed by atoms with Gasteiger partial charge in [0.1, 0.15) is 0 Å². The molecule has 0 radical (unpaired) electrons. The van der Waals surface area contributed by atoms with Crippen molar-refractivity contribution >= 4 is 31.6 Å². The zero-order valence-electron chi connectivity index (χ0n) is 5.96. The van der Waals surface area contributed by atoms with Crippen LogP contribution in [0.2, 0.25) is 0 Å². The molecule has 60 valence electrons. The molecule has 0 aliphatic rings. The largest absolute Gasteiger partial charge is 0.272 e. The van der Waals surface area contributed by atoms with Crippen LogP contribution in [0.3, 0.4) is 0 Å². The lowest BCUT2D eigenvalue weighted by atomic mass is 10.5. The Labute approximate surface area is 69.5 Å². The van der Waals surface area contributed by atoms with E-state index >= 15 is 0 Å². The molecule has 0 aliphatic carbocycles. The highest BCUT2D eigenvalue weighted by molar-refractivity contribution is 9.09. The van der Waals surface area contributed by atoms with E-state index in [0.29, 0.717) is 11.8 Å². The second kappa shape index (κ2) is 4.08. The number of nitrogens with zero attached hydrogens (tertiary/aromatic N) is 1. The summed E-state index contributed by atoms with van der Waals surface area (Å²) in [5.41, 5.74) is 0. The fourth-order valence-electron chi connectivity index (χ4n) is 0.372. The van der Waals surface area contributed by atoms with E-state index in [0.717, 1.165) is 0 Å². The highest BCUT2D eigenvalue weighted by atomic mass is 79.9. The standard InChI is InChI=1S/C5H10BrNO2S/c1-10(2,9)7-5(8)3-4-6/h3-4H2,1-2H3. The van der Waals surface area contributed by atoms with Crippen molar-refractivity contribution in [1.82, 2.24) is 0 Å². The number of carbonyl (C=O) groups excluding carboxylic acids is 1. The van der Waals surface area contributed by atoms with Crippen molar-refractivity contribution in [2.24, 2.45) is 4.36 Å². The van der Waals surface area contributed by atoms with Crippen LogP contribution in [0.5, 0.6) is 0 Å².